The normalized spacial score (nSPS) is 20.7. The molecule has 0 spiro atoms. The van der Waals surface area contributed by atoms with Gasteiger partial charge in [-0.2, -0.15) is 0 Å². The van der Waals surface area contributed by atoms with Crippen molar-refractivity contribution >= 4 is 5.97 Å². The van der Waals surface area contributed by atoms with Gasteiger partial charge in [0.1, 0.15) is 5.75 Å². The molecule has 1 fully saturated rings. The summed E-state index contributed by atoms with van der Waals surface area (Å²) >= 11 is 0. The summed E-state index contributed by atoms with van der Waals surface area (Å²) in [6.45, 7) is 11.4. The number of rotatable bonds is 5. The van der Waals surface area contributed by atoms with Crippen LogP contribution in [-0.4, -0.2) is 43.7 Å². The van der Waals surface area contributed by atoms with E-state index in [9.17, 15) is 4.79 Å². The highest BCUT2D eigenvalue weighted by atomic mass is 16.6. The number of methoxy groups -OCH3 is 1. The maximum atomic E-state index is 11.3. The van der Waals surface area contributed by atoms with Crippen molar-refractivity contribution < 1.29 is 14.3 Å². The maximum absolute atomic E-state index is 11.3. The van der Waals surface area contributed by atoms with Crippen LogP contribution < -0.4 is 10.5 Å². The molecule has 0 aliphatic carbocycles. The van der Waals surface area contributed by atoms with Crippen LogP contribution >= 0.6 is 0 Å². The molecule has 0 aromatic heterocycles. The molecule has 1 unspecified atom stereocenters. The van der Waals surface area contributed by atoms with Gasteiger partial charge in [0.05, 0.1) is 7.11 Å². The van der Waals surface area contributed by atoms with E-state index in [1.165, 1.54) is 12.7 Å². The van der Waals surface area contributed by atoms with Gasteiger partial charge < -0.3 is 15.2 Å². The molecular formula is C19H30N2O3. The van der Waals surface area contributed by atoms with Crippen molar-refractivity contribution in [1.82, 2.24) is 4.90 Å². The number of esters is 1. The summed E-state index contributed by atoms with van der Waals surface area (Å²) in [5.74, 6) is 0.398. The fraction of sp³-hybridized carbons (Fsp3) is 0.632. The second kappa shape index (κ2) is 7.53. The van der Waals surface area contributed by atoms with Gasteiger partial charge in [0.25, 0.3) is 0 Å². The van der Waals surface area contributed by atoms with Crippen molar-refractivity contribution in [1.29, 1.82) is 0 Å². The van der Waals surface area contributed by atoms with Crippen LogP contribution in [0.1, 0.15) is 37.0 Å². The third-order valence-corrected chi connectivity index (χ3v) is 4.88. The Labute approximate surface area is 145 Å². The Hall–Kier alpha value is -1.59. The molecule has 134 valence electrons. The number of hydrogen-bond acceptors (Lipinski definition) is 5. The molecule has 1 atom stereocenters. The van der Waals surface area contributed by atoms with Crippen molar-refractivity contribution in [3.8, 4) is 5.75 Å². The van der Waals surface area contributed by atoms with Gasteiger partial charge in [-0.15, -0.1) is 0 Å². The SMILES string of the molecule is COC(=O)COc1c(C)cc(CN2CCC(N)C(C)(C)C2)cc1C. The summed E-state index contributed by atoms with van der Waals surface area (Å²) in [7, 11) is 1.36. The zero-order valence-electron chi connectivity index (χ0n) is 15.5. The predicted molar refractivity (Wildman–Crippen MR) is 95.1 cm³/mol. The monoisotopic (exact) mass is 334 g/mol. The molecule has 1 saturated heterocycles. The van der Waals surface area contributed by atoms with Crippen LogP contribution in [0, 0.1) is 19.3 Å². The number of carbonyl (C=O) groups is 1. The lowest BCUT2D eigenvalue weighted by Crippen LogP contribution is -2.52. The van der Waals surface area contributed by atoms with E-state index < -0.39 is 0 Å². The quantitative estimate of drug-likeness (QED) is 0.838. The first-order valence-electron chi connectivity index (χ1n) is 8.50. The fourth-order valence-corrected chi connectivity index (χ4v) is 3.43. The number of carbonyl (C=O) groups excluding carboxylic acids is 1. The first-order valence-corrected chi connectivity index (χ1v) is 8.50. The van der Waals surface area contributed by atoms with Crippen molar-refractivity contribution in [2.75, 3.05) is 26.8 Å². The summed E-state index contributed by atoms with van der Waals surface area (Å²) < 4.78 is 10.2. The van der Waals surface area contributed by atoms with Crippen LogP contribution in [0.3, 0.4) is 0 Å². The fourth-order valence-electron chi connectivity index (χ4n) is 3.43. The molecule has 24 heavy (non-hydrogen) atoms. The first kappa shape index (κ1) is 18.7. The summed E-state index contributed by atoms with van der Waals surface area (Å²) in [6.07, 6.45) is 1.03. The van der Waals surface area contributed by atoms with Crippen LogP contribution in [0.15, 0.2) is 12.1 Å². The first-order chi connectivity index (χ1) is 11.2. The van der Waals surface area contributed by atoms with E-state index in [0.29, 0.717) is 0 Å². The van der Waals surface area contributed by atoms with Crippen LogP contribution in [0.5, 0.6) is 5.75 Å². The van der Waals surface area contributed by atoms with Gasteiger partial charge in [0.15, 0.2) is 6.61 Å². The molecule has 0 amide bonds. The Morgan fingerprint density at radius 2 is 1.96 bits per heavy atom. The summed E-state index contributed by atoms with van der Waals surface area (Å²) in [6, 6.07) is 4.55. The van der Waals surface area contributed by atoms with Crippen LogP contribution in [0.4, 0.5) is 0 Å². The van der Waals surface area contributed by atoms with E-state index in [4.69, 9.17) is 10.5 Å². The molecule has 1 aliphatic rings. The molecule has 0 radical (unpaired) electrons. The van der Waals surface area contributed by atoms with Gasteiger partial charge in [-0.25, -0.2) is 4.79 Å². The second-order valence-electron chi connectivity index (χ2n) is 7.52. The zero-order chi connectivity index (χ0) is 17.9. The largest absolute Gasteiger partial charge is 0.481 e. The summed E-state index contributed by atoms with van der Waals surface area (Å²) in [5.41, 5.74) is 9.72. The molecule has 1 aromatic carbocycles. The van der Waals surface area contributed by atoms with E-state index in [2.05, 4.69) is 35.6 Å². The van der Waals surface area contributed by atoms with Crippen molar-refractivity contribution in [3.63, 3.8) is 0 Å². The highest BCUT2D eigenvalue weighted by Gasteiger charge is 2.33. The highest BCUT2D eigenvalue weighted by molar-refractivity contribution is 5.71. The molecule has 5 heteroatoms. The number of aryl methyl sites for hydroxylation is 2. The molecule has 2 rings (SSSR count). The number of likely N-dealkylation sites (tertiary alicyclic amines) is 1. The van der Waals surface area contributed by atoms with Gasteiger partial charge in [-0.05, 0) is 42.4 Å². The van der Waals surface area contributed by atoms with Gasteiger partial charge in [0, 0.05) is 25.7 Å². The number of nitrogens with zero attached hydrogens (tertiary/aromatic N) is 1. The van der Waals surface area contributed by atoms with Crippen molar-refractivity contribution in [3.05, 3.63) is 28.8 Å². The van der Waals surface area contributed by atoms with Gasteiger partial charge >= 0.3 is 5.97 Å². The Morgan fingerprint density at radius 1 is 1.33 bits per heavy atom. The minimum Gasteiger partial charge on any atom is -0.481 e. The van der Waals surface area contributed by atoms with E-state index in [1.54, 1.807) is 0 Å². The standard InChI is InChI=1S/C19H30N2O3/c1-13-8-15(9-14(2)18(13)24-11-17(22)23-5)10-21-7-6-16(20)19(3,4)12-21/h8-9,16H,6-7,10-12,20H2,1-5H3. The predicted octanol–water partition coefficient (Wildman–Crippen LogP) is 2.41. The van der Waals surface area contributed by atoms with Crippen LogP contribution in [0.25, 0.3) is 0 Å². The molecule has 1 aliphatic heterocycles. The second-order valence-corrected chi connectivity index (χ2v) is 7.52. The van der Waals surface area contributed by atoms with Crippen LogP contribution in [0.2, 0.25) is 0 Å². The minimum atomic E-state index is -0.371. The molecule has 2 N–H and O–H groups in total. The number of hydrogen-bond donors (Lipinski definition) is 1. The Kier molecular flexibility index (Phi) is 5.88. The molecular weight excluding hydrogens is 304 g/mol. The molecule has 1 aromatic rings. The van der Waals surface area contributed by atoms with E-state index in [0.717, 1.165) is 42.9 Å². The van der Waals surface area contributed by atoms with Crippen molar-refractivity contribution in [2.45, 2.75) is 46.7 Å². The Bertz CT molecular complexity index is 575. The topological polar surface area (TPSA) is 64.8 Å². The Morgan fingerprint density at radius 3 is 2.50 bits per heavy atom. The number of piperidine rings is 1. The van der Waals surface area contributed by atoms with Gasteiger partial charge in [-0.3, -0.25) is 4.90 Å². The van der Waals surface area contributed by atoms with Crippen molar-refractivity contribution in [2.24, 2.45) is 11.1 Å². The average molecular weight is 334 g/mol. The molecule has 1 heterocycles. The van der Waals surface area contributed by atoms with E-state index in [1.807, 2.05) is 13.8 Å². The van der Waals surface area contributed by atoms with Crippen LogP contribution in [-0.2, 0) is 16.1 Å². The van der Waals surface area contributed by atoms with Gasteiger partial charge in [0.2, 0.25) is 0 Å². The smallest absolute Gasteiger partial charge is 0.343 e. The molecule has 0 bridgehead atoms. The summed E-state index contributed by atoms with van der Waals surface area (Å²) in [5, 5.41) is 0. The highest BCUT2D eigenvalue weighted by Crippen LogP contribution is 2.30. The lowest BCUT2D eigenvalue weighted by molar-refractivity contribution is -0.142. The minimum absolute atomic E-state index is 0.0598. The number of ether oxygens (including phenoxy) is 2. The third-order valence-electron chi connectivity index (χ3n) is 4.88. The average Bonchev–Trinajstić information content (AvgIpc) is 2.49. The number of nitrogens with two attached hydrogens (primary N) is 1. The van der Waals surface area contributed by atoms with E-state index >= 15 is 0 Å². The van der Waals surface area contributed by atoms with Gasteiger partial charge in [-0.1, -0.05) is 26.0 Å². The summed E-state index contributed by atoms with van der Waals surface area (Å²) in [4.78, 5) is 13.7. The Balaban J connectivity index is 2.06. The molecule has 5 nitrogen and oxygen atoms in total. The zero-order valence-corrected chi connectivity index (χ0v) is 15.5. The lowest BCUT2D eigenvalue weighted by atomic mass is 9.79. The third kappa shape index (κ3) is 4.48. The maximum Gasteiger partial charge on any atom is 0.343 e. The molecule has 0 saturated carbocycles. The lowest BCUT2D eigenvalue weighted by Gasteiger charge is -2.42. The van der Waals surface area contributed by atoms with E-state index in [-0.39, 0.29) is 24.0 Å². The number of benzene rings is 1.